The van der Waals surface area contributed by atoms with Crippen LogP contribution in [-0.4, -0.2) is 5.78 Å². The summed E-state index contributed by atoms with van der Waals surface area (Å²) in [6, 6.07) is 10.8. The third-order valence-corrected chi connectivity index (χ3v) is 3.70. The van der Waals surface area contributed by atoms with E-state index in [0.717, 1.165) is 11.1 Å². The Morgan fingerprint density at radius 2 is 1.85 bits per heavy atom. The number of rotatable bonds is 4. The molecule has 0 heterocycles. The van der Waals surface area contributed by atoms with E-state index in [4.69, 9.17) is 27.9 Å². The fourth-order valence-corrected chi connectivity index (χ4v) is 2.31. The van der Waals surface area contributed by atoms with E-state index in [1.807, 2.05) is 25.1 Å². The molecule has 0 N–H and O–H groups in total. The minimum atomic E-state index is 0.0113. The number of hydrogen-bond donors (Lipinski definition) is 0. The van der Waals surface area contributed by atoms with Gasteiger partial charge in [0.2, 0.25) is 0 Å². The normalized spacial score (nSPS) is 10.4. The van der Waals surface area contributed by atoms with Gasteiger partial charge in [-0.25, -0.2) is 0 Å². The first kappa shape index (κ1) is 14.9. The number of carbonyl (C=O) groups excluding carboxylic acids is 1. The highest BCUT2D eigenvalue weighted by Gasteiger charge is 2.09. The fourth-order valence-electron chi connectivity index (χ4n) is 1.88. The van der Waals surface area contributed by atoms with Gasteiger partial charge in [-0.15, -0.1) is 0 Å². The Morgan fingerprint density at radius 1 is 1.15 bits per heavy atom. The van der Waals surface area contributed by atoms with Gasteiger partial charge < -0.3 is 4.74 Å². The van der Waals surface area contributed by atoms with E-state index in [1.165, 1.54) is 6.92 Å². The highest BCUT2D eigenvalue weighted by molar-refractivity contribution is 6.34. The molecule has 2 aromatic carbocycles. The van der Waals surface area contributed by atoms with E-state index in [-0.39, 0.29) is 12.4 Å². The van der Waals surface area contributed by atoms with E-state index in [1.54, 1.807) is 18.2 Å². The molecule has 2 rings (SSSR count). The third kappa shape index (κ3) is 3.33. The molecule has 0 radical (unpaired) electrons. The molecule has 0 amide bonds. The Balaban J connectivity index is 2.21. The van der Waals surface area contributed by atoms with Crippen LogP contribution in [0, 0.1) is 6.92 Å². The van der Waals surface area contributed by atoms with Gasteiger partial charge in [-0.2, -0.15) is 0 Å². The average Bonchev–Trinajstić information content (AvgIpc) is 2.41. The van der Waals surface area contributed by atoms with Crippen LogP contribution in [0.25, 0.3) is 0 Å². The topological polar surface area (TPSA) is 26.3 Å². The van der Waals surface area contributed by atoms with Crippen LogP contribution in [0.2, 0.25) is 10.0 Å². The smallest absolute Gasteiger partial charge is 0.160 e. The summed E-state index contributed by atoms with van der Waals surface area (Å²) in [6.45, 7) is 3.69. The van der Waals surface area contributed by atoms with Crippen LogP contribution in [0.4, 0.5) is 0 Å². The molecule has 0 atom stereocenters. The number of ether oxygens (including phenoxy) is 1. The van der Waals surface area contributed by atoms with Gasteiger partial charge >= 0.3 is 0 Å². The summed E-state index contributed by atoms with van der Waals surface area (Å²) in [5, 5.41) is 1.11. The molecule has 0 fully saturated rings. The van der Waals surface area contributed by atoms with Crippen molar-refractivity contribution in [3.8, 4) is 5.75 Å². The van der Waals surface area contributed by atoms with E-state index in [9.17, 15) is 4.79 Å². The minimum absolute atomic E-state index is 0.0113. The Labute approximate surface area is 128 Å². The van der Waals surface area contributed by atoms with Crippen molar-refractivity contribution in [3.05, 3.63) is 63.1 Å². The van der Waals surface area contributed by atoms with Crippen molar-refractivity contribution in [3.63, 3.8) is 0 Å². The molecule has 104 valence electrons. The Bertz CT molecular complexity index is 651. The van der Waals surface area contributed by atoms with Crippen molar-refractivity contribution in [2.45, 2.75) is 20.5 Å². The zero-order chi connectivity index (χ0) is 14.7. The molecule has 0 unspecified atom stereocenters. The van der Waals surface area contributed by atoms with Crippen LogP contribution in [0.15, 0.2) is 36.4 Å². The summed E-state index contributed by atoms with van der Waals surface area (Å²) < 4.78 is 5.68. The summed E-state index contributed by atoms with van der Waals surface area (Å²) in [5.41, 5.74) is 2.38. The fraction of sp³-hybridized carbons (Fsp3) is 0.188. The number of hydrogen-bond acceptors (Lipinski definition) is 2. The largest absolute Gasteiger partial charge is 0.487 e. The monoisotopic (exact) mass is 308 g/mol. The van der Waals surface area contributed by atoms with Crippen LogP contribution < -0.4 is 4.74 Å². The lowest BCUT2D eigenvalue weighted by Crippen LogP contribution is -2.03. The first-order valence-corrected chi connectivity index (χ1v) is 6.92. The first-order chi connectivity index (χ1) is 9.49. The number of ketones is 1. The standard InChI is InChI=1S/C16H14Cl2O2/c1-10-7-15(18)16(8-14(10)17)20-9-12-5-3-4-6-13(12)11(2)19/h3-8H,9H2,1-2H3. The van der Waals surface area contributed by atoms with Crippen LogP contribution in [0.1, 0.15) is 28.4 Å². The Kier molecular flexibility index (Phi) is 4.69. The number of halogens is 2. The molecule has 0 saturated heterocycles. The highest BCUT2D eigenvalue weighted by atomic mass is 35.5. The zero-order valence-corrected chi connectivity index (χ0v) is 12.8. The molecular weight excluding hydrogens is 295 g/mol. The molecule has 20 heavy (non-hydrogen) atoms. The molecular formula is C16H14Cl2O2. The maximum absolute atomic E-state index is 11.5. The van der Waals surface area contributed by atoms with Gasteiger partial charge in [0.05, 0.1) is 5.02 Å². The maximum atomic E-state index is 11.5. The summed E-state index contributed by atoms with van der Waals surface area (Å²) in [7, 11) is 0. The van der Waals surface area contributed by atoms with Gasteiger partial charge in [-0.05, 0) is 25.5 Å². The Hall–Kier alpha value is -1.51. The third-order valence-electron chi connectivity index (χ3n) is 2.99. The lowest BCUT2D eigenvalue weighted by molar-refractivity contribution is 0.101. The quantitative estimate of drug-likeness (QED) is 0.736. The van der Waals surface area contributed by atoms with Crippen molar-refractivity contribution >= 4 is 29.0 Å². The first-order valence-electron chi connectivity index (χ1n) is 6.16. The van der Waals surface area contributed by atoms with Crippen LogP contribution in [-0.2, 0) is 6.61 Å². The summed E-state index contributed by atoms with van der Waals surface area (Å²) in [5.74, 6) is 0.526. The van der Waals surface area contributed by atoms with Gasteiger partial charge in [0.25, 0.3) is 0 Å². The second kappa shape index (κ2) is 6.29. The van der Waals surface area contributed by atoms with Crippen LogP contribution in [0.3, 0.4) is 0 Å². The molecule has 0 aliphatic heterocycles. The predicted molar refractivity (Wildman–Crippen MR) is 82.0 cm³/mol. The number of benzene rings is 2. The maximum Gasteiger partial charge on any atom is 0.160 e. The molecule has 0 aliphatic carbocycles. The number of aryl methyl sites for hydroxylation is 1. The molecule has 0 spiro atoms. The van der Waals surface area contributed by atoms with Gasteiger partial charge in [0, 0.05) is 22.2 Å². The summed E-state index contributed by atoms with van der Waals surface area (Å²) >= 11 is 12.2. The lowest BCUT2D eigenvalue weighted by Gasteiger charge is -2.11. The molecule has 0 bridgehead atoms. The van der Waals surface area contributed by atoms with Gasteiger partial charge in [-0.3, -0.25) is 4.79 Å². The molecule has 2 nitrogen and oxygen atoms in total. The summed E-state index contributed by atoms with van der Waals surface area (Å²) in [4.78, 5) is 11.5. The van der Waals surface area contributed by atoms with E-state index in [2.05, 4.69) is 0 Å². The molecule has 0 saturated carbocycles. The average molecular weight is 309 g/mol. The van der Waals surface area contributed by atoms with Crippen molar-refractivity contribution in [1.82, 2.24) is 0 Å². The van der Waals surface area contributed by atoms with Crippen molar-refractivity contribution in [2.24, 2.45) is 0 Å². The van der Waals surface area contributed by atoms with Crippen LogP contribution in [0.5, 0.6) is 5.75 Å². The van der Waals surface area contributed by atoms with Crippen molar-refractivity contribution in [2.75, 3.05) is 0 Å². The SMILES string of the molecule is CC(=O)c1ccccc1COc1cc(Cl)c(C)cc1Cl. The van der Waals surface area contributed by atoms with Gasteiger partial charge in [0.15, 0.2) is 5.78 Å². The van der Waals surface area contributed by atoms with Gasteiger partial charge in [0.1, 0.15) is 12.4 Å². The zero-order valence-electron chi connectivity index (χ0n) is 11.2. The predicted octanol–water partition coefficient (Wildman–Crippen LogP) is 5.08. The second-order valence-corrected chi connectivity index (χ2v) is 5.35. The lowest BCUT2D eigenvalue weighted by atomic mass is 10.1. The Morgan fingerprint density at radius 3 is 2.55 bits per heavy atom. The van der Waals surface area contributed by atoms with E-state index >= 15 is 0 Å². The molecule has 2 aromatic rings. The molecule has 0 aliphatic rings. The van der Waals surface area contributed by atoms with Gasteiger partial charge in [-0.1, -0.05) is 47.5 Å². The number of Topliss-reactive ketones (excluding diaryl/α,β-unsaturated/α-hetero) is 1. The highest BCUT2D eigenvalue weighted by Crippen LogP contribution is 2.31. The van der Waals surface area contributed by atoms with Crippen molar-refractivity contribution < 1.29 is 9.53 Å². The van der Waals surface area contributed by atoms with E-state index in [0.29, 0.717) is 21.4 Å². The van der Waals surface area contributed by atoms with Crippen molar-refractivity contribution in [1.29, 1.82) is 0 Å². The van der Waals surface area contributed by atoms with Crippen LogP contribution >= 0.6 is 23.2 Å². The van der Waals surface area contributed by atoms with E-state index < -0.39 is 0 Å². The summed E-state index contributed by atoms with van der Waals surface area (Å²) in [6.07, 6.45) is 0. The second-order valence-electron chi connectivity index (χ2n) is 4.53. The number of carbonyl (C=O) groups is 1. The molecule has 0 aromatic heterocycles. The minimum Gasteiger partial charge on any atom is -0.487 e. The molecule has 4 heteroatoms.